The third-order valence-corrected chi connectivity index (χ3v) is 6.07. The first kappa shape index (κ1) is 29.1. The standard InChI is InChI=1S/C27H30F2N4O6/c1-17-24(18-9-5-4-6-10-18)32-39-25(17)31-27(36)38-16-20(12-8-14-22(34)37-3)33(2)26(35)30-15-19-11-7-13-21(28)23(19)29/h4-7,9-11,13,20H,8,12,14-16H2,1-3H3,(H,30,35)(H,31,36)/t20-/m0/s1. The molecule has 3 aromatic rings. The van der Waals surface area contributed by atoms with Crippen LogP contribution in [0.15, 0.2) is 53.1 Å². The minimum absolute atomic E-state index is 0.0214. The SMILES string of the molecule is COC(=O)CCC[C@@H](COC(=O)Nc1onc(-c2ccccc2)c1C)N(C)C(=O)NCc1cccc(F)c1F. The number of rotatable bonds is 11. The molecule has 1 aromatic heterocycles. The van der Waals surface area contributed by atoms with Gasteiger partial charge in [-0.3, -0.25) is 10.1 Å². The molecule has 0 radical (unpaired) electrons. The maximum Gasteiger partial charge on any atom is 0.414 e. The molecule has 12 heteroatoms. The van der Waals surface area contributed by atoms with E-state index in [1.807, 2.05) is 30.3 Å². The highest BCUT2D eigenvalue weighted by Gasteiger charge is 2.23. The number of ether oxygens (including phenoxy) is 2. The molecule has 39 heavy (non-hydrogen) atoms. The molecular weight excluding hydrogens is 514 g/mol. The zero-order valence-corrected chi connectivity index (χ0v) is 21.8. The number of likely N-dealkylation sites (N-methyl/N-ethyl adjacent to an activating group) is 1. The van der Waals surface area contributed by atoms with E-state index in [9.17, 15) is 23.2 Å². The highest BCUT2D eigenvalue weighted by atomic mass is 19.2. The summed E-state index contributed by atoms with van der Waals surface area (Å²) in [5.41, 5.74) is 1.97. The smallest absolute Gasteiger partial charge is 0.414 e. The number of amides is 3. The number of hydrogen-bond donors (Lipinski definition) is 2. The first-order chi connectivity index (χ1) is 18.7. The maximum atomic E-state index is 13.9. The molecule has 3 rings (SSSR count). The summed E-state index contributed by atoms with van der Waals surface area (Å²) in [6, 6.07) is 11.7. The van der Waals surface area contributed by atoms with Crippen molar-refractivity contribution in [2.24, 2.45) is 0 Å². The zero-order valence-electron chi connectivity index (χ0n) is 21.8. The molecule has 0 fully saturated rings. The van der Waals surface area contributed by atoms with Gasteiger partial charge in [0.05, 0.1) is 13.2 Å². The van der Waals surface area contributed by atoms with Crippen LogP contribution in [0.2, 0.25) is 0 Å². The third kappa shape index (κ3) is 8.00. The molecule has 3 amide bonds. The van der Waals surface area contributed by atoms with Crippen LogP contribution in [0.1, 0.15) is 30.4 Å². The lowest BCUT2D eigenvalue weighted by Crippen LogP contribution is -2.46. The summed E-state index contributed by atoms with van der Waals surface area (Å²) < 4.78 is 42.7. The first-order valence-electron chi connectivity index (χ1n) is 12.2. The van der Waals surface area contributed by atoms with Crippen molar-refractivity contribution < 1.29 is 37.2 Å². The van der Waals surface area contributed by atoms with Crippen molar-refractivity contribution in [1.82, 2.24) is 15.4 Å². The lowest BCUT2D eigenvalue weighted by Gasteiger charge is -2.28. The normalized spacial score (nSPS) is 11.4. The Hall–Kier alpha value is -4.48. The fraction of sp³-hybridized carbons (Fsp3) is 0.333. The Morgan fingerprint density at radius 2 is 1.85 bits per heavy atom. The molecule has 1 atom stereocenters. The number of nitrogens with zero attached hydrogens (tertiary/aromatic N) is 2. The van der Waals surface area contributed by atoms with Crippen LogP contribution in [0.3, 0.4) is 0 Å². The van der Waals surface area contributed by atoms with E-state index < -0.39 is 35.8 Å². The lowest BCUT2D eigenvalue weighted by atomic mass is 10.1. The second-order valence-corrected chi connectivity index (χ2v) is 8.68. The van der Waals surface area contributed by atoms with Gasteiger partial charge in [-0.15, -0.1) is 0 Å². The number of urea groups is 1. The second kappa shape index (κ2) is 13.9. The Kier molecular flexibility index (Phi) is 10.4. The van der Waals surface area contributed by atoms with Crippen LogP contribution >= 0.6 is 0 Å². The summed E-state index contributed by atoms with van der Waals surface area (Å²) in [5, 5.41) is 9.03. The molecule has 2 aromatic carbocycles. The predicted octanol–water partition coefficient (Wildman–Crippen LogP) is 5.03. The van der Waals surface area contributed by atoms with Gasteiger partial charge in [0.25, 0.3) is 0 Å². The summed E-state index contributed by atoms with van der Waals surface area (Å²) in [6.45, 7) is 1.27. The number of halogens is 2. The van der Waals surface area contributed by atoms with Crippen molar-refractivity contribution in [3.8, 4) is 11.3 Å². The predicted molar refractivity (Wildman–Crippen MR) is 138 cm³/mol. The van der Waals surface area contributed by atoms with Gasteiger partial charge in [-0.2, -0.15) is 0 Å². The Morgan fingerprint density at radius 3 is 2.56 bits per heavy atom. The minimum Gasteiger partial charge on any atom is -0.469 e. The van der Waals surface area contributed by atoms with Gasteiger partial charge in [-0.05, 0) is 25.8 Å². The van der Waals surface area contributed by atoms with E-state index in [0.29, 0.717) is 24.1 Å². The number of hydrogen-bond acceptors (Lipinski definition) is 7. The van der Waals surface area contributed by atoms with Crippen molar-refractivity contribution in [3.63, 3.8) is 0 Å². The van der Waals surface area contributed by atoms with Gasteiger partial charge in [-0.1, -0.05) is 47.6 Å². The van der Waals surface area contributed by atoms with E-state index in [2.05, 4.69) is 20.5 Å². The Balaban J connectivity index is 1.61. The molecule has 0 aliphatic rings. The van der Waals surface area contributed by atoms with E-state index >= 15 is 0 Å². The lowest BCUT2D eigenvalue weighted by molar-refractivity contribution is -0.140. The molecule has 0 saturated carbocycles. The summed E-state index contributed by atoms with van der Waals surface area (Å²) in [7, 11) is 2.74. The van der Waals surface area contributed by atoms with E-state index in [4.69, 9.17) is 9.26 Å². The quantitative estimate of drug-likeness (QED) is 0.325. The van der Waals surface area contributed by atoms with Crippen LogP contribution < -0.4 is 10.6 Å². The van der Waals surface area contributed by atoms with Gasteiger partial charge in [0.2, 0.25) is 5.88 Å². The van der Waals surface area contributed by atoms with Gasteiger partial charge in [0.1, 0.15) is 12.3 Å². The van der Waals surface area contributed by atoms with Crippen LogP contribution in [-0.4, -0.2) is 55.0 Å². The van der Waals surface area contributed by atoms with E-state index in [-0.39, 0.29) is 31.0 Å². The number of carbonyl (C=O) groups excluding carboxylic acids is 3. The Morgan fingerprint density at radius 1 is 1.10 bits per heavy atom. The van der Waals surface area contributed by atoms with Crippen LogP contribution in [-0.2, 0) is 20.8 Å². The fourth-order valence-electron chi connectivity index (χ4n) is 3.74. The van der Waals surface area contributed by atoms with Gasteiger partial charge < -0.3 is 24.2 Å². The molecule has 0 saturated heterocycles. The summed E-state index contributed by atoms with van der Waals surface area (Å²) in [6.07, 6.45) is -0.0920. The monoisotopic (exact) mass is 544 g/mol. The summed E-state index contributed by atoms with van der Waals surface area (Å²) >= 11 is 0. The van der Waals surface area contributed by atoms with Crippen molar-refractivity contribution in [2.45, 2.75) is 38.8 Å². The zero-order chi connectivity index (χ0) is 28.4. The van der Waals surface area contributed by atoms with Gasteiger partial charge in [0.15, 0.2) is 11.6 Å². The molecule has 0 aliphatic carbocycles. The minimum atomic E-state index is -1.05. The number of nitrogens with one attached hydrogen (secondary N) is 2. The molecule has 0 bridgehead atoms. The largest absolute Gasteiger partial charge is 0.469 e. The molecule has 1 heterocycles. The average molecular weight is 545 g/mol. The molecule has 0 aliphatic heterocycles. The van der Waals surface area contributed by atoms with Gasteiger partial charge in [-0.25, -0.2) is 18.4 Å². The molecule has 0 spiro atoms. The van der Waals surface area contributed by atoms with Crippen molar-refractivity contribution >= 4 is 24.0 Å². The second-order valence-electron chi connectivity index (χ2n) is 8.68. The maximum absolute atomic E-state index is 13.9. The highest BCUT2D eigenvalue weighted by Crippen LogP contribution is 2.27. The van der Waals surface area contributed by atoms with Crippen LogP contribution in [0.4, 0.5) is 24.3 Å². The number of anilines is 1. The molecule has 2 N–H and O–H groups in total. The molecule has 0 unspecified atom stereocenters. The average Bonchev–Trinajstić information content (AvgIpc) is 3.30. The number of benzene rings is 2. The van der Waals surface area contributed by atoms with Crippen LogP contribution in [0, 0.1) is 18.6 Å². The summed E-state index contributed by atoms with van der Waals surface area (Å²) in [5.74, 6) is -2.37. The van der Waals surface area contributed by atoms with Crippen molar-refractivity contribution in [2.75, 3.05) is 26.1 Å². The van der Waals surface area contributed by atoms with Crippen LogP contribution in [0.5, 0.6) is 0 Å². The molecule has 10 nitrogen and oxygen atoms in total. The van der Waals surface area contributed by atoms with Crippen molar-refractivity contribution in [1.29, 1.82) is 0 Å². The van der Waals surface area contributed by atoms with Crippen LogP contribution in [0.25, 0.3) is 11.3 Å². The third-order valence-electron chi connectivity index (χ3n) is 6.07. The highest BCUT2D eigenvalue weighted by molar-refractivity contribution is 5.85. The van der Waals surface area contributed by atoms with Gasteiger partial charge >= 0.3 is 18.1 Å². The first-order valence-corrected chi connectivity index (χ1v) is 12.2. The number of aromatic nitrogens is 1. The number of esters is 1. The molecule has 208 valence electrons. The number of carbonyl (C=O) groups is 3. The Labute approximate surface area is 224 Å². The van der Waals surface area contributed by atoms with E-state index in [0.717, 1.165) is 11.6 Å². The summed E-state index contributed by atoms with van der Waals surface area (Å²) in [4.78, 5) is 38.1. The van der Waals surface area contributed by atoms with E-state index in [1.165, 1.54) is 31.2 Å². The fourth-order valence-corrected chi connectivity index (χ4v) is 3.74. The topological polar surface area (TPSA) is 123 Å². The van der Waals surface area contributed by atoms with Crippen molar-refractivity contribution in [3.05, 3.63) is 71.3 Å². The van der Waals surface area contributed by atoms with Gasteiger partial charge in [0, 0.05) is 36.7 Å². The molecular formula is C27H30F2N4O6. The number of methoxy groups -OCH3 is 1. The van der Waals surface area contributed by atoms with E-state index in [1.54, 1.807) is 6.92 Å². The Bertz CT molecular complexity index is 1280.